The topological polar surface area (TPSA) is 153 Å². The van der Waals surface area contributed by atoms with Crippen LogP contribution in [0.2, 0.25) is 0 Å². The number of amides is 1. The molecule has 1 heterocycles. The summed E-state index contributed by atoms with van der Waals surface area (Å²) in [6.07, 6.45) is -1.98. The number of carbonyl (C=O) groups excluding carboxylic acids is 3. The fraction of sp³-hybridized carbons (Fsp3) is 0.438. The molecule has 0 bridgehead atoms. The molecule has 1 amide bonds. The van der Waals surface area contributed by atoms with Crippen molar-refractivity contribution in [1.29, 1.82) is 0 Å². The van der Waals surface area contributed by atoms with Gasteiger partial charge in [-0.15, -0.1) is 0 Å². The zero-order valence-electron chi connectivity index (χ0n) is 15.1. The van der Waals surface area contributed by atoms with Gasteiger partial charge in [0.1, 0.15) is 6.61 Å². The molecule has 0 saturated carbocycles. The van der Waals surface area contributed by atoms with E-state index in [4.69, 9.17) is 18.9 Å². The third-order valence-corrected chi connectivity index (χ3v) is 3.69. The van der Waals surface area contributed by atoms with Gasteiger partial charge >= 0.3 is 18.0 Å². The standard InChI is InChI=1S/C16H18N2O10/c1-24-12-5-9(10(18(22)23)6-13(12)25-2)7-27-16(21)17-4-3-11-15(20)26-8-14(19)28-11/h5-6,11H,3-4,7-8H2,1-2H3,(H,17,21)/t11-/m0/s1. The SMILES string of the molecule is COc1cc(COC(=O)NCC[C@@H]2OC(=O)COC2=O)c([N+](=O)[O-])cc1OC. The molecule has 28 heavy (non-hydrogen) atoms. The van der Waals surface area contributed by atoms with Gasteiger partial charge < -0.3 is 29.0 Å². The number of alkyl carbamates (subject to hydrolysis) is 1. The third-order valence-electron chi connectivity index (χ3n) is 3.69. The Labute approximate surface area is 158 Å². The molecule has 12 heteroatoms. The van der Waals surface area contributed by atoms with Gasteiger partial charge in [0.15, 0.2) is 18.1 Å². The van der Waals surface area contributed by atoms with Crippen molar-refractivity contribution in [3.8, 4) is 11.5 Å². The van der Waals surface area contributed by atoms with Crippen LogP contribution < -0.4 is 14.8 Å². The Morgan fingerprint density at radius 1 is 1.29 bits per heavy atom. The summed E-state index contributed by atoms with van der Waals surface area (Å²) in [4.78, 5) is 44.8. The first kappa shape index (κ1) is 20.7. The Morgan fingerprint density at radius 3 is 2.61 bits per heavy atom. The van der Waals surface area contributed by atoms with Gasteiger partial charge in [0.2, 0.25) is 6.10 Å². The lowest BCUT2D eigenvalue weighted by Crippen LogP contribution is -2.40. The number of esters is 2. The van der Waals surface area contributed by atoms with Gasteiger partial charge in [0.05, 0.1) is 30.8 Å². The summed E-state index contributed by atoms with van der Waals surface area (Å²) in [5.41, 5.74) is -0.204. The molecular weight excluding hydrogens is 380 g/mol. The molecule has 0 aliphatic carbocycles. The number of carbonyl (C=O) groups is 3. The van der Waals surface area contributed by atoms with Crippen molar-refractivity contribution in [3.63, 3.8) is 0 Å². The first-order valence-electron chi connectivity index (χ1n) is 8.01. The van der Waals surface area contributed by atoms with Crippen LogP contribution in [0.3, 0.4) is 0 Å². The minimum atomic E-state index is -1.10. The highest BCUT2D eigenvalue weighted by Gasteiger charge is 2.30. The molecule has 1 saturated heterocycles. The predicted octanol–water partition coefficient (Wildman–Crippen LogP) is 0.697. The van der Waals surface area contributed by atoms with Crippen molar-refractivity contribution in [2.75, 3.05) is 27.4 Å². The number of rotatable bonds is 8. The molecule has 0 spiro atoms. The van der Waals surface area contributed by atoms with Gasteiger partial charge in [-0.3, -0.25) is 10.1 Å². The summed E-state index contributed by atoms with van der Waals surface area (Å²) in [7, 11) is 2.70. The van der Waals surface area contributed by atoms with Crippen LogP contribution in [0.1, 0.15) is 12.0 Å². The first-order chi connectivity index (χ1) is 13.3. The van der Waals surface area contributed by atoms with Crippen LogP contribution in [0.25, 0.3) is 0 Å². The van der Waals surface area contributed by atoms with E-state index in [1.54, 1.807) is 0 Å². The fourth-order valence-corrected chi connectivity index (χ4v) is 2.34. The zero-order valence-corrected chi connectivity index (χ0v) is 15.1. The van der Waals surface area contributed by atoms with Crippen molar-refractivity contribution in [2.24, 2.45) is 0 Å². The van der Waals surface area contributed by atoms with Crippen molar-refractivity contribution in [1.82, 2.24) is 5.32 Å². The highest BCUT2D eigenvalue weighted by molar-refractivity contribution is 5.85. The second kappa shape index (κ2) is 9.39. The van der Waals surface area contributed by atoms with Crippen LogP contribution in [0, 0.1) is 10.1 Å². The molecule has 1 aromatic carbocycles. The van der Waals surface area contributed by atoms with Crippen LogP contribution in [0.15, 0.2) is 12.1 Å². The molecule has 1 aromatic rings. The molecule has 0 unspecified atom stereocenters. The summed E-state index contributed by atoms with van der Waals surface area (Å²) in [5, 5.41) is 13.6. The van der Waals surface area contributed by atoms with Gasteiger partial charge in [-0.2, -0.15) is 0 Å². The molecule has 1 atom stereocenters. The molecular formula is C16H18N2O10. The van der Waals surface area contributed by atoms with Crippen molar-refractivity contribution in [3.05, 3.63) is 27.8 Å². The normalized spacial score (nSPS) is 15.9. The summed E-state index contributed by atoms with van der Waals surface area (Å²) in [6, 6.07) is 2.50. The number of ether oxygens (including phenoxy) is 5. The van der Waals surface area contributed by atoms with E-state index < -0.39 is 42.3 Å². The largest absolute Gasteiger partial charge is 0.493 e. The number of hydrogen-bond acceptors (Lipinski definition) is 10. The van der Waals surface area contributed by atoms with E-state index in [1.807, 2.05) is 0 Å². The van der Waals surface area contributed by atoms with Gasteiger partial charge in [-0.1, -0.05) is 0 Å². The molecule has 1 aliphatic rings. The third kappa shape index (κ3) is 5.22. The van der Waals surface area contributed by atoms with Gasteiger partial charge in [0.25, 0.3) is 5.69 Å². The first-order valence-corrected chi connectivity index (χ1v) is 8.01. The summed E-state index contributed by atoms with van der Waals surface area (Å²) >= 11 is 0. The van der Waals surface area contributed by atoms with E-state index >= 15 is 0 Å². The van der Waals surface area contributed by atoms with Gasteiger partial charge in [-0.25, -0.2) is 14.4 Å². The van der Waals surface area contributed by atoms with Gasteiger partial charge in [0, 0.05) is 13.0 Å². The van der Waals surface area contributed by atoms with Crippen molar-refractivity contribution in [2.45, 2.75) is 19.1 Å². The molecule has 1 aliphatic heterocycles. The van der Waals surface area contributed by atoms with E-state index in [9.17, 15) is 24.5 Å². The smallest absolute Gasteiger partial charge is 0.407 e. The van der Waals surface area contributed by atoms with Crippen LogP contribution >= 0.6 is 0 Å². The lowest BCUT2D eigenvalue weighted by atomic mass is 10.1. The lowest BCUT2D eigenvalue weighted by molar-refractivity contribution is -0.385. The highest BCUT2D eigenvalue weighted by atomic mass is 16.6. The Kier molecular flexibility index (Phi) is 6.96. The lowest BCUT2D eigenvalue weighted by Gasteiger charge is -2.21. The Morgan fingerprint density at radius 2 is 1.96 bits per heavy atom. The molecule has 1 N–H and O–H groups in total. The highest BCUT2D eigenvalue weighted by Crippen LogP contribution is 2.34. The molecule has 0 radical (unpaired) electrons. The number of nitro groups is 1. The minimum Gasteiger partial charge on any atom is -0.493 e. The van der Waals surface area contributed by atoms with Crippen LogP contribution in [-0.2, 0) is 30.4 Å². The quantitative estimate of drug-likeness (QED) is 0.286. The molecule has 12 nitrogen and oxygen atoms in total. The van der Waals surface area contributed by atoms with E-state index in [0.717, 1.165) is 0 Å². The number of nitrogens with one attached hydrogen (secondary N) is 1. The number of benzene rings is 1. The number of methoxy groups -OCH3 is 2. The maximum Gasteiger partial charge on any atom is 0.407 e. The van der Waals surface area contributed by atoms with Crippen LogP contribution in [0.4, 0.5) is 10.5 Å². The Bertz CT molecular complexity index is 779. The van der Waals surface area contributed by atoms with Crippen LogP contribution in [0.5, 0.6) is 11.5 Å². The maximum absolute atomic E-state index is 11.8. The molecule has 1 fully saturated rings. The van der Waals surface area contributed by atoms with E-state index in [0.29, 0.717) is 0 Å². The second-order valence-electron chi connectivity index (χ2n) is 5.47. The average molecular weight is 398 g/mol. The zero-order chi connectivity index (χ0) is 20.7. The molecule has 2 rings (SSSR count). The van der Waals surface area contributed by atoms with E-state index in [-0.39, 0.29) is 35.7 Å². The number of hydrogen-bond donors (Lipinski definition) is 1. The average Bonchev–Trinajstić information content (AvgIpc) is 2.68. The summed E-state index contributed by atoms with van der Waals surface area (Å²) in [5.74, 6) is -0.968. The minimum absolute atomic E-state index is 0.00379. The predicted molar refractivity (Wildman–Crippen MR) is 89.8 cm³/mol. The Hall–Kier alpha value is -3.57. The van der Waals surface area contributed by atoms with Gasteiger partial charge in [-0.05, 0) is 6.07 Å². The number of cyclic esters (lactones) is 2. The fourth-order valence-electron chi connectivity index (χ4n) is 2.34. The number of nitro benzene ring substituents is 1. The summed E-state index contributed by atoms with van der Waals surface area (Å²) in [6.45, 7) is -0.877. The number of nitrogens with zero attached hydrogens (tertiary/aromatic N) is 1. The van der Waals surface area contributed by atoms with Crippen LogP contribution in [-0.4, -0.2) is 56.4 Å². The summed E-state index contributed by atoms with van der Waals surface area (Å²) < 4.78 is 24.4. The van der Waals surface area contributed by atoms with Crippen molar-refractivity contribution >= 4 is 23.7 Å². The molecule has 152 valence electrons. The van der Waals surface area contributed by atoms with Crippen molar-refractivity contribution < 1.29 is 43.0 Å². The molecule has 0 aromatic heterocycles. The second-order valence-corrected chi connectivity index (χ2v) is 5.47. The van der Waals surface area contributed by atoms with E-state index in [1.165, 1.54) is 26.4 Å². The van der Waals surface area contributed by atoms with E-state index in [2.05, 4.69) is 10.1 Å². The monoisotopic (exact) mass is 398 g/mol. The Balaban J connectivity index is 1.90. The maximum atomic E-state index is 11.8.